The first-order valence-corrected chi connectivity index (χ1v) is 7.67. The third kappa shape index (κ3) is 1.99. The van der Waals surface area contributed by atoms with E-state index in [4.69, 9.17) is 4.42 Å². The van der Waals surface area contributed by atoms with Gasteiger partial charge in [-0.05, 0) is 11.3 Å². The monoisotopic (exact) mass is 229 g/mol. The second-order valence-electron chi connectivity index (χ2n) is 3.87. The lowest BCUT2D eigenvalue weighted by molar-refractivity contribution is 0.110. The lowest BCUT2D eigenvalue weighted by atomic mass is 10.2. The predicted molar refractivity (Wildman–Crippen MR) is 66.6 cm³/mol. The maximum atomic E-state index is 10.9. The molecular weight excluding hydrogens is 216 g/mol. The fraction of sp³-hybridized carbons (Fsp3) is 0.154. The van der Waals surface area contributed by atoms with Crippen molar-refractivity contribution < 1.29 is 9.21 Å². The molecule has 2 nitrogen and oxygen atoms in total. The van der Waals surface area contributed by atoms with Crippen LogP contribution in [0.5, 0.6) is 0 Å². The lowest BCUT2D eigenvalue weighted by Crippen LogP contribution is -2.23. The Morgan fingerprint density at radius 3 is 2.38 bits per heavy atom. The fourth-order valence-corrected chi connectivity index (χ4v) is 2.65. The Bertz CT molecular complexity index is 486. The number of aldehydes is 1. The van der Waals surface area contributed by atoms with E-state index in [1.165, 1.54) is 0 Å². The maximum absolute atomic E-state index is 10.9. The molecule has 0 saturated carbocycles. The standard InChI is InChI=1S/C13H13O2Si/c1-16(2)13-8-11(15-12(13)9-14)10-6-4-3-5-7-10/h3-9H,1-2H3. The molecule has 16 heavy (non-hydrogen) atoms. The Morgan fingerprint density at radius 1 is 1.19 bits per heavy atom. The first-order chi connectivity index (χ1) is 7.72. The second-order valence-corrected chi connectivity index (χ2v) is 6.41. The molecule has 0 aliphatic heterocycles. The number of carbonyl (C=O) groups excluding carboxylic acids is 1. The largest absolute Gasteiger partial charge is 0.453 e. The highest BCUT2D eigenvalue weighted by Crippen LogP contribution is 2.20. The SMILES string of the molecule is C[Si](C)c1cc(-c2ccccc2)oc1C=O. The molecule has 0 aliphatic rings. The van der Waals surface area contributed by atoms with Gasteiger partial charge in [0, 0.05) is 5.56 Å². The van der Waals surface area contributed by atoms with Crippen LogP contribution in [0.1, 0.15) is 10.6 Å². The Hall–Kier alpha value is -1.61. The van der Waals surface area contributed by atoms with Crippen molar-refractivity contribution in [2.75, 3.05) is 0 Å². The fourth-order valence-electron chi connectivity index (χ4n) is 1.63. The molecule has 0 bridgehead atoms. The van der Waals surface area contributed by atoms with Crippen LogP contribution in [-0.4, -0.2) is 15.1 Å². The quantitative estimate of drug-likeness (QED) is 0.598. The van der Waals surface area contributed by atoms with Gasteiger partial charge in [0.25, 0.3) is 0 Å². The maximum Gasteiger partial charge on any atom is 0.185 e. The van der Waals surface area contributed by atoms with Crippen LogP contribution >= 0.6 is 0 Å². The van der Waals surface area contributed by atoms with E-state index in [1.54, 1.807) is 0 Å². The van der Waals surface area contributed by atoms with E-state index in [9.17, 15) is 4.79 Å². The summed E-state index contributed by atoms with van der Waals surface area (Å²) < 4.78 is 5.57. The number of furan rings is 1. The highest BCUT2D eigenvalue weighted by atomic mass is 28.3. The molecule has 0 atom stereocenters. The Balaban J connectivity index is 2.48. The van der Waals surface area contributed by atoms with E-state index in [2.05, 4.69) is 13.1 Å². The zero-order chi connectivity index (χ0) is 11.5. The molecule has 0 saturated heterocycles. The highest BCUT2D eigenvalue weighted by molar-refractivity contribution is 6.71. The highest BCUT2D eigenvalue weighted by Gasteiger charge is 2.14. The van der Waals surface area contributed by atoms with Crippen molar-refractivity contribution in [2.45, 2.75) is 13.1 Å². The number of hydrogen-bond acceptors (Lipinski definition) is 2. The third-order valence-electron chi connectivity index (χ3n) is 2.46. The molecule has 0 fully saturated rings. The van der Waals surface area contributed by atoms with Crippen molar-refractivity contribution in [3.8, 4) is 11.3 Å². The molecule has 1 radical (unpaired) electrons. The number of benzene rings is 1. The summed E-state index contributed by atoms with van der Waals surface area (Å²) in [5.41, 5.74) is 1.01. The molecule has 0 unspecified atom stereocenters. The van der Waals surface area contributed by atoms with Crippen molar-refractivity contribution in [1.82, 2.24) is 0 Å². The van der Waals surface area contributed by atoms with E-state index in [-0.39, 0.29) is 0 Å². The van der Waals surface area contributed by atoms with Crippen LogP contribution in [0.25, 0.3) is 11.3 Å². The van der Waals surface area contributed by atoms with Crippen LogP contribution in [0, 0.1) is 0 Å². The zero-order valence-corrected chi connectivity index (χ0v) is 10.4. The van der Waals surface area contributed by atoms with Gasteiger partial charge in [-0.1, -0.05) is 43.4 Å². The minimum Gasteiger partial charge on any atom is -0.453 e. The summed E-state index contributed by atoms with van der Waals surface area (Å²) in [4.78, 5) is 10.9. The summed E-state index contributed by atoms with van der Waals surface area (Å²) in [6.07, 6.45) is 0.805. The first-order valence-electron chi connectivity index (χ1n) is 5.17. The van der Waals surface area contributed by atoms with Gasteiger partial charge in [-0.2, -0.15) is 0 Å². The molecule has 2 rings (SSSR count). The normalized spacial score (nSPS) is 10.7. The molecule has 0 aliphatic carbocycles. The molecule has 81 valence electrons. The van der Waals surface area contributed by atoms with Gasteiger partial charge in [0.2, 0.25) is 0 Å². The average molecular weight is 229 g/mol. The summed E-state index contributed by atoms with van der Waals surface area (Å²) in [6, 6.07) is 11.8. The molecule has 3 heteroatoms. The minimum atomic E-state index is -0.665. The third-order valence-corrected chi connectivity index (χ3v) is 3.93. The molecular formula is C13H13O2Si. The minimum absolute atomic E-state index is 0.484. The summed E-state index contributed by atoms with van der Waals surface area (Å²) in [5, 5.41) is 1.07. The molecule has 1 aromatic heterocycles. The average Bonchev–Trinajstić information content (AvgIpc) is 2.74. The Morgan fingerprint density at radius 2 is 1.88 bits per heavy atom. The van der Waals surface area contributed by atoms with Gasteiger partial charge in [0.05, 0.1) is 8.80 Å². The van der Waals surface area contributed by atoms with Gasteiger partial charge < -0.3 is 4.42 Å². The Kier molecular flexibility index (Phi) is 3.06. The summed E-state index contributed by atoms with van der Waals surface area (Å²) in [5.74, 6) is 1.27. The molecule has 1 aromatic carbocycles. The second kappa shape index (κ2) is 4.49. The van der Waals surface area contributed by atoms with E-state index >= 15 is 0 Å². The van der Waals surface area contributed by atoms with Crippen LogP contribution in [0.2, 0.25) is 13.1 Å². The van der Waals surface area contributed by atoms with Gasteiger partial charge in [-0.3, -0.25) is 4.79 Å². The van der Waals surface area contributed by atoms with Crippen molar-refractivity contribution in [3.63, 3.8) is 0 Å². The van der Waals surface area contributed by atoms with Crippen LogP contribution < -0.4 is 5.19 Å². The van der Waals surface area contributed by atoms with Crippen molar-refractivity contribution in [2.24, 2.45) is 0 Å². The van der Waals surface area contributed by atoms with Crippen LogP contribution in [-0.2, 0) is 0 Å². The molecule has 0 spiro atoms. The van der Waals surface area contributed by atoms with Crippen molar-refractivity contribution in [1.29, 1.82) is 0 Å². The van der Waals surface area contributed by atoms with Gasteiger partial charge in [-0.15, -0.1) is 0 Å². The van der Waals surface area contributed by atoms with Gasteiger partial charge in [-0.25, -0.2) is 0 Å². The molecule has 1 heterocycles. The van der Waals surface area contributed by atoms with Crippen LogP contribution in [0.3, 0.4) is 0 Å². The summed E-state index contributed by atoms with van der Waals surface area (Å²) in [6.45, 7) is 4.30. The summed E-state index contributed by atoms with van der Waals surface area (Å²) in [7, 11) is -0.665. The van der Waals surface area contributed by atoms with Crippen LogP contribution in [0.15, 0.2) is 40.8 Å². The van der Waals surface area contributed by atoms with Crippen molar-refractivity contribution in [3.05, 3.63) is 42.2 Å². The number of carbonyl (C=O) groups is 1. The van der Waals surface area contributed by atoms with Crippen molar-refractivity contribution >= 4 is 20.3 Å². The smallest absolute Gasteiger partial charge is 0.185 e. The Labute approximate surface area is 96.5 Å². The number of rotatable bonds is 3. The molecule has 2 aromatic rings. The molecule has 0 N–H and O–H groups in total. The summed E-state index contributed by atoms with van der Waals surface area (Å²) >= 11 is 0. The van der Waals surface area contributed by atoms with E-state index in [0.29, 0.717) is 5.76 Å². The van der Waals surface area contributed by atoms with Crippen LogP contribution in [0.4, 0.5) is 0 Å². The van der Waals surface area contributed by atoms with Gasteiger partial charge in [0.15, 0.2) is 12.0 Å². The van der Waals surface area contributed by atoms with Gasteiger partial charge >= 0.3 is 0 Å². The first kappa shape index (κ1) is 10.9. The zero-order valence-electron chi connectivity index (χ0n) is 9.36. The van der Waals surface area contributed by atoms with E-state index < -0.39 is 8.80 Å². The predicted octanol–water partition coefficient (Wildman–Crippen LogP) is 2.72. The topological polar surface area (TPSA) is 30.2 Å². The van der Waals surface area contributed by atoms with E-state index in [1.807, 2.05) is 36.4 Å². The number of hydrogen-bond donors (Lipinski definition) is 0. The van der Waals surface area contributed by atoms with Gasteiger partial charge in [0.1, 0.15) is 5.76 Å². The van der Waals surface area contributed by atoms with E-state index in [0.717, 1.165) is 22.8 Å². The molecule has 0 amide bonds. The lowest BCUT2D eigenvalue weighted by Gasteiger charge is -1.96.